The van der Waals surface area contributed by atoms with E-state index in [0.29, 0.717) is 0 Å². The number of nitrogens with one attached hydrogen (secondary N) is 1. The van der Waals surface area contributed by atoms with Crippen LogP contribution >= 0.6 is 0 Å². The van der Waals surface area contributed by atoms with E-state index in [1.165, 1.54) is 21.1 Å². The van der Waals surface area contributed by atoms with Gasteiger partial charge in [-0.05, 0) is 19.1 Å². The number of ether oxygens (including phenoxy) is 3. The van der Waals surface area contributed by atoms with E-state index < -0.39 is 24.5 Å². The Morgan fingerprint density at radius 1 is 1.18 bits per heavy atom. The van der Waals surface area contributed by atoms with Crippen molar-refractivity contribution in [3.05, 3.63) is 17.7 Å². The van der Waals surface area contributed by atoms with Gasteiger partial charge in [-0.1, -0.05) is 0 Å². The smallest absolute Gasteiger partial charge is 0.387 e. The standard InChI is InChI=1S/C13H15F2NO6/c1-6(12(18)19)16-11(17)7-4-8(20-2)10(22-13(14)15)9(5-7)21-3/h4-6,13H,1-3H3,(H,16,17)(H,18,19). The van der Waals surface area contributed by atoms with Crippen LogP contribution in [0.1, 0.15) is 17.3 Å². The average Bonchev–Trinajstić information content (AvgIpc) is 2.46. The normalized spacial score (nSPS) is 11.7. The zero-order chi connectivity index (χ0) is 16.9. The van der Waals surface area contributed by atoms with Gasteiger partial charge < -0.3 is 24.6 Å². The number of alkyl halides is 2. The van der Waals surface area contributed by atoms with Crippen LogP contribution in [-0.4, -0.2) is 43.9 Å². The first-order valence-corrected chi connectivity index (χ1v) is 6.04. The molecule has 1 unspecified atom stereocenters. The molecule has 1 amide bonds. The van der Waals surface area contributed by atoms with E-state index >= 15 is 0 Å². The van der Waals surface area contributed by atoms with Crippen LogP contribution < -0.4 is 19.5 Å². The molecule has 0 fully saturated rings. The number of aliphatic carboxylic acids is 1. The van der Waals surface area contributed by atoms with Crippen LogP contribution in [0.5, 0.6) is 17.2 Å². The maximum absolute atomic E-state index is 12.4. The number of amides is 1. The van der Waals surface area contributed by atoms with E-state index in [-0.39, 0.29) is 22.8 Å². The molecule has 22 heavy (non-hydrogen) atoms. The van der Waals surface area contributed by atoms with Gasteiger partial charge in [0.2, 0.25) is 5.75 Å². The first-order chi connectivity index (χ1) is 10.3. The van der Waals surface area contributed by atoms with Crippen molar-refractivity contribution in [3.8, 4) is 17.2 Å². The molecule has 0 aliphatic carbocycles. The molecule has 0 bridgehead atoms. The Hall–Kier alpha value is -2.58. The zero-order valence-electron chi connectivity index (χ0n) is 12.1. The largest absolute Gasteiger partial charge is 0.493 e. The Balaban J connectivity index is 3.17. The third kappa shape index (κ3) is 4.21. The van der Waals surface area contributed by atoms with Crippen molar-refractivity contribution < 1.29 is 37.7 Å². The van der Waals surface area contributed by atoms with Crippen molar-refractivity contribution in [2.45, 2.75) is 19.6 Å². The molecule has 0 saturated heterocycles. The van der Waals surface area contributed by atoms with E-state index in [9.17, 15) is 18.4 Å². The molecule has 9 heteroatoms. The van der Waals surface area contributed by atoms with Gasteiger partial charge >= 0.3 is 12.6 Å². The fourth-order valence-electron chi connectivity index (χ4n) is 1.56. The molecule has 1 rings (SSSR count). The summed E-state index contributed by atoms with van der Waals surface area (Å²) >= 11 is 0. The second-order valence-corrected chi connectivity index (χ2v) is 4.12. The van der Waals surface area contributed by atoms with E-state index in [1.807, 2.05) is 0 Å². The number of benzene rings is 1. The molecule has 0 aliphatic heterocycles. The van der Waals surface area contributed by atoms with Crippen molar-refractivity contribution in [3.63, 3.8) is 0 Å². The third-order valence-electron chi connectivity index (χ3n) is 2.65. The minimum Gasteiger partial charge on any atom is -0.493 e. The van der Waals surface area contributed by atoms with Crippen molar-refractivity contribution in [2.75, 3.05) is 14.2 Å². The maximum atomic E-state index is 12.4. The Morgan fingerprint density at radius 2 is 1.68 bits per heavy atom. The minimum atomic E-state index is -3.10. The lowest BCUT2D eigenvalue weighted by Gasteiger charge is -2.16. The van der Waals surface area contributed by atoms with Gasteiger partial charge in [0.1, 0.15) is 6.04 Å². The summed E-state index contributed by atoms with van der Waals surface area (Å²) in [6, 6.07) is 1.16. The van der Waals surface area contributed by atoms with Crippen molar-refractivity contribution in [1.29, 1.82) is 0 Å². The zero-order valence-corrected chi connectivity index (χ0v) is 12.1. The van der Waals surface area contributed by atoms with E-state index in [4.69, 9.17) is 14.6 Å². The molecule has 0 spiro atoms. The molecular formula is C13H15F2NO6. The molecular weight excluding hydrogens is 304 g/mol. The average molecular weight is 319 g/mol. The Bertz CT molecular complexity index is 538. The Morgan fingerprint density at radius 3 is 2.05 bits per heavy atom. The number of carboxylic acid groups (broad SMARTS) is 1. The number of hydrogen-bond acceptors (Lipinski definition) is 5. The van der Waals surface area contributed by atoms with Crippen LogP contribution in [-0.2, 0) is 4.79 Å². The predicted octanol–water partition coefficient (Wildman–Crippen LogP) is 1.51. The van der Waals surface area contributed by atoms with Crippen LogP contribution in [0.15, 0.2) is 12.1 Å². The number of hydrogen-bond donors (Lipinski definition) is 2. The summed E-state index contributed by atoms with van der Waals surface area (Å²) in [4.78, 5) is 22.7. The highest BCUT2D eigenvalue weighted by Gasteiger charge is 2.22. The van der Waals surface area contributed by atoms with E-state index in [2.05, 4.69) is 10.1 Å². The lowest BCUT2D eigenvalue weighted by molar-refractivity contribution is -0.138. The lowest BCUT2D eigenvalue weighted by Crippen LogP contribution is -2.38. The highest BCUT2D eigenvalue weighted by molar-refractivity contribution is 5.97. The van der Waals surface area contributed by atoms with Gasteiger partial charge in [0.15, 0.2) is 11.5 Å². The second-order valence-electron chi connectivity index (χ2n) is 4.12. The van der Waals surface area contributed by atoms with Crippen LogP contribution in [0.4, 0.5) is 8.78 Å². The Kier molecular flexibility index (Phi) is 5.90. The first-order valence-electron chi connectivity index (χ1n) is 6.04. The lowest BCUT2D eigenvalue weighted by atomic mass is 10.1. The quantitative estimate of drug-likeness (QED) is 0.791. The highest BCUT2D eigenvalue weighted by Crippen LogP contribution is 2.39. The third-order valence-corrected chi connectivity index (χ3v) is 2.65. The molecule has 0 aliphatic rings. The molecule has 1 aromatic carbocycles. The van der Waals surface area contributed by atoms with Gasteiger partial charge in [-0.25, -0.2) is 0 Å². The second kappa shape index (κ2) is 7.43. The molecule has 0 saturated carbocycles. The molecule has 1 aromatic rings. The van der Waals surface area contributed by atoms with Gasteiger partial charge in [0.25, 0.3) is 5.91 Å². The van der Waals surface area contributed by atoms with Crippen LogP contribution in [0.3, 0.4) is 0 Å². The Labute approximate surface area is 124 Å². The summed E-state index contributed by atoms with van der Waals surface area (Å²) in [7, 11) is 2.41. The summed E-state index contributed by atoms with van der Waals surface area (Å²) in [5.41, 5.74) is -0.0246. The monoisotopic (exact) mass is 319 g/mol. The fraction of sp³-hybridized carbons (Fsp3) is 0.385. The van der Waals surface area contributed by atoms with Crippen LogP contribution in [0.25, 0.3) is 0 Å². The number of rotatable bonds is 7. The van der Waals surface area contributed by atoms with E-state index in [1.54, 1.807) is 0 Å². The van der Waals surface area contributed by atoms with Gasteiger partial charge in [-0.3, -0.25) is 9.59 Å². The number of methoxy groups -OCH3 is 2. The minimum absolute atomic E-state index is 0.0246. The van der Waals surface area contributed by atoms with Crippen molar-refractivity contribution in [1.82, 2.24) is 5.32 Å². The summed E-state index contributed by atoms with van der Waals surface area (Å²) in [5.74, 6) is -2.59. The molecule has 7 nitrogen and oxygen atoms in total. The molecule has 122 valence electrons. The fourth-order valence-corrected chi connectivity index (χ4v) is 1.56. The van der Waals surface area contributed by atoms with Gasteiger partial charge in [-0.15, -0.1) is 0 Å². The maximum Gasteiger partial charge on any atom is 0.387 e. The van der Waals surface area contributed by atoms with Crippen LogP contribution in [0, 0.1) is 0 Å². The first kappa shape index (κ1) is 17.5. The molecule has 0 radical (unpaired) electrons. The number of carbonyl (C=O) groups is 2. The van der Waals surface area contributed by atoms with Crippen molar-refractivity contribution in [2.24, 2.45) is 0 Å². The van der Waals surface area contributed by atoms with Crippen molar-refractivity contribution >= 4 is 11.9 Å². The molecule has 0 heterocycles. The van der Waals surface area contributed by atoms with Gasteiger partial charge in [-0.2, -0.15) is 8.78 Å². The number of halogens is 2. The van der Waals surface area contributed by atoms with E-state index in [0.717, 1.165) is 12.1 Å². The van der Waals surface area contributed by atoms with Crippen LogP contribution in [0.2, 0.25) is 0 Å². The summed E-state index contributed by atoms with van der Waals surface area (Å²) in [5, 5.41) is 11.0. The summed E-state index contributed by atoms with van der Waals surface area (Å²) in [6.07, 6.45) is 0. The SMILES string of the molecule is COc1cc(C(=O)NC(C)C(=O)O)cc(OC)c1OC(F)F. The molecule has 2 N–H and O–H groups in total. The predicted molar refractivity (Wildman–Crippen MR) is 70.7 cm³/mol. The topological polar surface area (TPSA) is 94.1 Å². The summed E-state index contributed by atoms with van der Waals surface area (Å²) in [6.45, 7) is -1.82. The molecule has 0 aromatic heterocycles. The highest BCUT2D eigenvalue weighted by atomic mass is 19.3. The summed E-state index contributed by atoms with van der Waals surface area (Å²) < 4.78 is 38.9. The molecule has 1 atom stereocenters. The van der Waals surface area contributed by atoms with Gasteiger partial charge in [0, 0.05) is 5.56 Å². The number of carboxylic acids is 1. The van der Waals surface area contributed by atoms with Gasteiger partial charge in [0.05, 0.1) is 14.2 Å². The number of carbonyl (C=O) groups excluding carboxylic acids is 1.